The second-order valence-electron chi connectivity index (χ2n) is 15.8. The van der Waals surface area contributed by atoms with E-state index in [1.54, 1.807) is 6.08 Å². The normalized spacial score (nSPS) is 21.5. The van der Waals surface area contributed by atoms with E-state index < -0.39 is 49.5 Å². The van der Waals surface area contributed by atoms with Crippen LogP contribution in [0.1, 0.15) is 168 Å². The van der Waals surface area contributed by atoms with E-state index >= 15 is 0 Å². The van der Waals surface area contributed by atoms with Gasteiger partial charge in [-0.3, -0.25) is 4.79 Å². The van der Waals surface area contributed by atoms with Gasteiger partial charge in [-0.05, 0) is 70.6 Å². The fraction of sp³-hybridized carbons (Fsp3) is 0.700. The number of allylic oxidation sites excluding steroid dienone is 13. The molecule has 1 fully saturated rings. The smallest absolute Gasteiger partial charge is 0.220 e. The Kier molecular flexibility index (Phi) is 36.4. The minimum atomic E-state index is -1.57. The largest absolute Gasteiger partial charge is 0.394 e. The highest BCUT2D eigenvalue weighted by atomic mass is 16.7. The van der Waals surface area contributed by atoms with E-state index in [0.717, 1.165) is 89.9 Å². The van der Waals surface area contributed by atoms with Crippen molar-refractivity contribution < 1.29 is 39.8 Å². The minimum Gasteiger partial charge on any atom is -0.394 e. The molecule has 6 N–H and O–H groups in total. The number of ether oxygens (including phenoxy) is 2. The lowest BCUT2D eigenvalue weighted by atomic mass is 9.99. The quantitative estimate of drug-likeness (QED) is 0.0268. The molecule has 7 atom stereocenters. The summed E-state index contributed by atoms with van der Waals surface area (Å²) in [7, 11) is 0. The number of aliphatic hydroxyl groups is 5. The molecule has 1 heterocycles. The van der Waals surface area contributed by atoms with Gasteiger partial charge < -0.3 is 40.3 Å². The van der Waals surface area contributed by atoms with E-state index in [4.69, 9.17) is 9.47 Å². The lowest BCUT2D eigenvalue weighted by Crippen LogP contribution is -2.60. The molecule has 1 aliphatic rings. The van der Waals surface area contributed by atoms with Crippen molar-refractivity contribution >= 4 is 5.91 Å². The minimum absolute atomic E-state index is 0.193. The summed E-state index contributed by atoms with van der Waals surface area (Å²) in [4.78, 5) is 12.9. The Hall–Kier alpha value is -2.63. The Balaban J connectivity index is 2.25. The number of aliphatic hydroxyl groups excluding tert-OH is 5. The maximum atomic E-state index is 12.9. The molecule has 0 aliphatic carbocycles. The third kappa shape index (κ3) is 30.1. The van der Waals surface area contributed by atoms with Crippen LogP contribution in [0.15, 0.2) is 85.1 Å². The maximum absolute atomic E-state index is 12.9. The van der Waals surface area contributed by atoms with Gasteiger partial charge in [0.2, 0.25) is 5.91 Å². The lowest BCUT2D eigenvalue weighted by Gasteiger charge is -2.40. The molecule has 0 bridgehead atoms. The second kappa shape index (κ2) is 39.5. The van der Waals surface area contributed by atoms with Crippen LogP contribution in [0.2, 0.25) is 0 Å². The van der Waals surface area contributed by atoms with Crippen molar-refractivity contribution in [2.75, 3.05) is 13.2 Å². The average Bonchev–Trinajstić information content (AvgIpc) is 3.23. The summed E-state index contributed by atoms with van der Waals surface area (Å²) in [6.45, 7) is 3.60. The Bertz CT molecular complexity index is 1190. The standard InChI is InChI=1S/C50H85NO8/c1-3-5-7-9-11-13-14-15-16-17-18-19-20-21-22-23-24-25-26-27-28-29-30-32-34-36-38-40-46(54)51-43(44(53)39-37-35-33-31-12-10-8-6-4-2)42-58-50-49(57)48(56)47(55)45(41-52)59-50/h5,7,11,13,15-16,18-19,21-22,24-25,37,39,43-45,47-50,52-53,55-57H,3-4,6,8-10,12,14,17,20,23,26-36,38,40-42H2,1-2H3,(H,51,54)/b7-5-,13-11-,16-15-,19-18-,22-21-,25-24-,39-37+. The van der Waals surface area contributed by atoms with Crippen LogP contribution in [0.25, 0.3) is 0 Å². The van der Waals surface area contributed by atoms with Crippen LogP contribution in [0.5, 0.6) is 0 Å². The van der Waals surface area contributed by atoms with Crippen molar-refractivity contribution in [2.45, 2.75) is 211 Å². The molecule has 7 unspecified atom stereocenters. The number of hydrogen-bond donors (Lipinski definition) is 6. The molecule has 9 heteroatoms. The molecule has 59 heavy (non-hydrogen) atoms. The molecule has 1 saturated heterocycles. The van der Waals surface area contributed by atoms with Crippen LogP contribution in [-0.2, 0) is 14.3 Å². The molecule has 0 aromatic carbocycles. The number of nitrogens with one attached hydrogen (secondary N) is 1. The molecule has 338 valence electrons. The maximum Gasteiger partial charge on any atom is 0.220 e. The highest BCUT2D eigenvalue weighted by molar-refractivity contribution is 5.76. The molecule has 9 nitrogen and oxygen atoms in total. The second-order valence-corrected chi connectivity index (χ2v) is 15.8. The molecule has 0 spiro atoms. The van der Waals surface area contributed by atoms with Crippen molar-refractivity contribution in [1.29, 1.82) is 0 Å². The number of amides is 1. The Labute approximate surface area is 359 Å². The van der Waals surface area contributed by atoms with E-state index in [-0.39, 0.29) is 12.5 Å². The van der Waals surface area contributed by atoms with Crippen molar-refractivity contribution in [3.05, 3.63) is 85.1 Å². The molecule has 1 rings (SSSR count). The average molecular weight is 828 g/mol. The van der Waals surface area contributed by atoms with E-state index in [2.05, 4.69) is 92.1 Å². The molecule has 0 aromatic heterocycles. The summed E-state index contributed by atoms with van der Waals surface area (Å²) in [5, 5.41) is 54.0. The SMILES string of the molecule is CC/C=C\C/C=C\C/C=C\C/C=C\C/C=C\C/C=C\CCCCCCCCCCC(=O)NC(COC1OC(CO)C(O)C(O)C1O)C(O)/C=C/CCCCCCCCC. The fourth-order valence-electron chi connectivity index (χ4n) is 6.75. The zero-order valence-corrected chi connectivity index (χ0v) is 37.0. The Morgan fingerprint density at radius 2 is 1.05 bits per heavy atom. The molecule has 1 aliphatic heterocycles. The monoisotopic (exact) mass is 828 g/mol. The van der Waals surface area contributed by atoms with E-state index in [1.807, 2.05) is 6.08 Å². The number of carbonyl (C=O) groups is 1. The Morgan fingerprint density at radius 1 is 0.593 bits per heavy atom. The van der Waals surface area contributed by atoms with Gasteiger partial charge in [-0.1, -0.05) is 176 Å². The topological polar surface area (TPSA) is 149 Å². The Morgan fingerprint density at radius 3 is 1.56 bits per heavy atom. The summed E-state index contributed by atoms with van der Waals surface area (Å²) < 4.78 is 11.2. The fourth-order valence-corrected chi connectivity index (χ4v) is 6.75. The summed E-state index contributed by atoms with van der Waals surface area (Å²) >= 11 is 0. The van der Waals surface area contributed by atoms with Gasteiger partial charge >= 0.3 is 0 Å². The number of rotatable bonds is 37. The molecule has 0 radical (unpaired) electrons. The van der Waals surface area contributed by atoms with Gasteiger partial charge in [0.1, 0.15) is 24.4 Å². The third-order valence-corrected chi connectivity index (χ3v) is 10.5. The van der Waals surface area contributed by atoms with E-state index in [1.165, 1.54) is 57.8 Å². The molecule has 0 aromatic rings. The zero-order chi connectivity index (χ0) is 43.0. The highest BCUT2D eigenvalue weighted by Gasteiger charge is 2.44. The first-order valence-electron chi connectivity index (χ1n) is 23.3. The van der Waals surface area contributed by atoms with Crippen LogP contribution in [-0.4, -0.2) is 87.5 Å². The van der Waals surface area contributed by atoms with Crippen LogP contribution in [0.3, 0.4) is 0 Å². The van der Waals surface area contributed by atoms with Gasteiger partial charge in [-0.25, -0.2) is 0 Å². The summed E-state index contributed by atoms with van der Waals surface area (Å²) in [5.74, 6) is -0.193. The van der Waals surface area contributed by atoms with Crippen LogP contribution < -0.4 is 5.32 Å². The van der Waals surface area contributed by atoms with Crippen molar-refractivity contribution in [3.8, 4) is 0 Å². The van der Waals surface area contributed by atoms with Crippen molar-refractivity contribution in [1.82, 2.24) is 5.32 Å². The first-order valence-corrected chi connectivity index (χ1v) is 23.3. The highest BCUT2D eigenvalue weighted by Crippen LogP contribution is 2.22. The van der Waals surface area contributed by atoms with Gasteiger partial charge in [0.15, 0.2) is 6.29 Å². The molecular formula is C50H85NO8. The summed E-state index contributed by atoms with van der Waals surface area (Å²) in [6.07, 6.45) is 47.8. The van der Waals surface area contributed by atoms with Crippen LogP contribution in [0, 0.1) is 0 Å². The van der Waals surface area contributed by atoms with Crippen molar-refractivity contribution in [2.24, 2.45) is 0 Å². The molecular weight excluding hydrogens is 743 g/mol. The molecule has 0 saturated carbocycles. The zero-order valence-electron chi connectivity index (χ0n) is 37.0. The summed E-state index contributed by atoms with van der Waals surface area (Å²) in [5.41, 5.74) is 0. The van der Waals surface area contributed by atoms with Gasteiger partial charge in [-0.2, -0.15) is 0 Å². The number of carbonyl (C=O) groups excluding carboxylic acids is 1. The number of unbranched alkanes of at least 4 members (excludes halogenated alkanes) is 15. The first kappa shape index (κ1) is 54.4. The van der Waals surface area contributed by atoms with Gasteiger partial charge in [0.05, 0.1) is 25.4 Å². The van der Waals surface area contributed by atoms with Gasteiger partial charge in [0.25, 0.3) is 0 Å². The predicted molar refractivity (Wildman–Crippen MR) is 244 cm³/mol. The number of hydrogen-bond acceptors (Lipinski definition) is 8. The van der Waals surface area contributed by atoms with Gasteiger partial charge in [0, 0.05) is 6.42 Å². The third-order valence-electron chi connectivity index (χ3n) is 10.5. The van der Waals surface area contributed by atoms with Crippen LogP contribution in [0.4, 0.5) is 0 Å². The van der Waals surface area contributed by atoms with Crippen LogP contribution >= 0.6 is 0 Å². The van der Waals surface area contributed by atoms with E-state index in [9.17, 15) is 30.3 Å². The molecule has 1 amide bonds. The first-order chi connectivity index (χ1) is 28.8. The van der Waals surface area contributed by atoms with Gasteiger partial charge in [-0.15, -0.1) is 0 Å². The predicted octanol–water partition coefficient (Wildman–Crippen LogP) is 9.94. The lowest BCUT2D eigenvalue weighted by molar-refractivity contribution is -0.302. The van der Waals surface area contributed by atoms with Crippen molar-refractivity contribution in [3.63, 3.8) is 0 Å². The van der Waals surface area contributed by atoms with E-state index in [0.29, 0.717) is 6.42 Å². The summed E-state index contributed by atoms with van der Waals surface area (Å²) in [6, 6.07) is -0.812.